The van der Waals surface area contributed by atoms with E-state index in [9.17, 15) is 0 Å². The minimum absolute atomic E-state index is 0.508. The van der Waals surface area contributed by atoms with Crippen molar-refractivity contribution in [3.05, 3.63) is 17.3 Å². The summed E-state index contributed by atoms with van der Waals surface area (Å²) in [6, 6.07) is 1.79. The number of fused-ring (bicyclic) bond motifs is 1. The van der Waals surface area contributed by atoms with Crippen molar-refractivity contribution in [1.82, 2.24) is 10.1 Å². The second-order valence-electron chi connectivity index (χ2n) is 2.63. The molecule has 2 heterocycles. The van der Waals surface area contributed by atoms with Crippen LogP contribution in [0.4, 0.5) is 0 Å². The minimum atomic E-state index is 0.508. The molecule has 0 saturated carbocycles. The molecule has 0 aromatic carbocycles. The highest BCUT2D eigenvalue weighted by Gasteiger charge is 2.09. The first-order valence-corrected chi connectivity index (χ1v) is 5.41. The van der Waals surface area contributed by atoms with Crippen LogP contribution in [0, 0.1) is 0 Å². The Morgan fingerprint density at radius 3 is 3.21 bits per heavy atom. The zero-order valence-electron chi connectivity index (χ0n) is 7.24. The Hall–Kier alpha value is -0.780. The van der Waals surface area contributed by atoms with Crippen LogP contribution in [-0.4, -0.2) is 22.4 Å². The lowest BCUT2D eigenvalue weighted by Crippen LogP contribution is -2.00. The maximum absolute atomic E-state index is 5.82. The second-order valence-corrected chi connectivity index (χ2v) is 4.15. The molecule has 0 fully saturated rings. The van der Waals surface area contributed by atoms with Crippen LogP contribution in [0.1, 0.15) is 0 Å². The van der Waals surface area contributed by atoms with Gasteiger partial charge in [-0.3, -0.25) is 0 Å². The Balaban J connectivity index is 2.40. The van der Waals surface area contributed by atoms with Crippen molar-refractivity contribution in [2.75, 3.05) is 12.3 Å². The summed E-state index contributed by atoms with van der Waals surface area (Å²) < 4.78 is 5.02. The Bertz CT molecular complexity index is 445. The average molecular weight is 230 g/mol. The van der Waals surface area contributed by atoms with E-state index in [1.807, 2.05) is 0 Å². The lowest BCUT2D eigenvalue weighted by Gasteiger charge is -1.93. The third kappa shape index (κ3) is 1.84. The van der Waals surface area contributed by atoms with Crippen molar-refractivity contribution >= 4 is 34.5 Å². The number of rotatable bonds is 3. The number of hydrogen-bond acceptors (Lipinski definition) is 5. The molecule has 0 amide bonds. The molecule has 0 spiro atoms. The Morgan fingerprint density at radius 1 is 1.57 bits per heavy atom. The predicted octanol–water partition coefficient (Wildman–Crippen LogP) is 1.93. The van der Waals surface area contributed by atoms with E-state index >= 15 is 0 Å². The highest BCUT2D eigenvalue weighted by molar-refractivity contribution is 7.99. The van der Waals surface area contributed by atoms with Gasteiger partial charge in [0.05, 0.1) is 10.4 Å². The third-order valence-corrected chi connectivity index (χ3v) is 2.83. The number of halogens is 1. The highest BCUT2D eigenvalue weighted by Crippen LogP contribution is 2.27. The third-order valence-electron chi connectivity index (χ3n) is 1.62. The predicted molar refractivity (Wildman–Crippen MR) is 56.6 cm³/mol. The molecule has 0 unspecified atom stereocenters. The Kier molecular flexibility index (Phi) is 2.90. The number of nitrogens with zero attached hydrogens (tertiary/aromatic N) is 2. The van der Waals surface area contributed by atoms with Gasteiger partial charge in [-0.1, -0.05) is 16.8 Å². The summed E-state index contributed by atoms with van der Waals surface area (Å²) >= 11 is 7.35. The fraction of sp³-hybridized carbons (Fsp3) is 0.250. The lowest BCUT2D eigenvalue weighted by molar-refractivity contribution is 0.430. The van der Waals surface area contributed by atoms with Crippen molar-refractivity contribution in [3.63, 3.8) is 0 Å². The van der Waals surface area contributed by atoms with Gasteiger partial charge in [0.1, 0.15) is 5.03 Å². The molecule has 0 radical (unpaired) electrons. The van der Waals surface area contributed by atoms with Gasteiger partial charge in [-0.05, 0) is 6.07 Å². The Morgan fingerprint density at radius 2 is 2.43 bits per heavy atom. The molecule has 2 N–H and O–H groups in total. The smallest absolute Gasteiger partial charge is 0.258 e. The van der Waals surface area contributed by atoms with E-state index in [1.54, 1.807) is 6.07 Å². The van der Waals surface area contributed by atoms with Crippen molar-refractivity contribution in [1.29, 1.82) is 0 Å². The number of thioether (sulfide) groups is 1. The van der Waals surface area contributed by atoms with Gasteiger partial charge in [0.25, 0.3) is 5.71 Å². The van der Waals surface area contributed by atoms with Crippen molar-refractivity contribution in [2.45, 2.75) is 5.03 Å². The quantitative estimate of drug-likeness (QED) is 0.815. The van der Waals surface area contributed by atoms with Crippen LogP contribution in [-0.2, 0) is 0 Å². The number of nitrogens with two attached hydrogens (primary N) is 1. The van der Waals surface area contributed by atoms with Crippen LogP contribution >= 0.6 is 23.4 Å². The van der Waals surface area contributed by atoms with Crippen LogP contribution in [0.15, 0.2) is 21.8 Å². The molecule has 2 aromatic rings. The molecule has 0 bridgehead atoms. The first kappa shape index (κ1) is 9.76. The van der Waals surface area contributed by atoms with E-state index in [4.69, 9.17) is 21.9 Å². The molecule has 6 heteroatoms. The topological polar surface area (TPSA) is 64.9 Å². The molecular formula is C8H8ClN3OS. The molecule has 2 aromatic heterocycles. The Labute approximate surface area is 89.8 Å². The van der Waals surface area contributed by atoms with Crippen LogP contribution in [0.5, 0.6) is 0 Å². The molecule has 2 rings (SSSR count). The maximum Gasteiger partial charge on any atom is 0.258 e. The van der Waals surface area contributed by atoms with Crippen molar-refractivity contribution in [2.24, 2.45) is 5.73 Å². The van der Waals surface area contributed by atoms with Gasteiger partial charge in [-0.25, -0.2) is 4.98 Å². The van der Waals surface area contributed by atoms with Crippen LogP contribution < -0.4 is 5.73 Å². The lowest BCUT2D eigenvalue weighted by atomic mass is 10.4. The fourth-order valence-electron chi connectivity index (χ4n) is 1.05. The first-order chi connectivity index (χ1) is 6.81. The normalized spacial score (nSPS) is 11.0. The van der Waals surface area contributed by atoms with Gasteiger partial charge in [0.15, 0.2) is 0 Å². The average Bonchev–Trinajstić information content (AvgIpc) is 2.57. The molecule has 0 aliphatic rings. The summed E-state index contributed by atoms with van der Waals surface area (Å²) in [5.41, 5.74) is 5.91. The molecule has 0 atom stereocenters. The summed E-state index contributed by atoms with van der Waals surface area (Å²) in [5.74, 6) is 0.800. The molecule has 4 nitrogen and oxygen atoms in total. The molecule has 74 valence electrons. The zero-order valence-corrected chi connectivity index (χ0v) is 8.81. The summed E-state index contributed by atoms with van der Waals surface area (Å²) in [4.78, 5) is 4.00. The zero-order chi connectivity index (χ0) is 9.97. The molecule has 0 aliphatic heterocycles. The number of pyridine rings is 1. The molecule has 0 aliphatic carbocycles. The fourth-order valence-corrected chi connectivity index (χ4v) is 1.91. The van der Waals surface area contributed by atoms with Crippen LogP contribution in [0.25, 0.3) is 11.1 Å². The summed E-state index contributed by atoms with van der Waals surface area (Å²) in [5, 5.41) is 6.10. The summed E-state index contributed by atoms with van der Waals surface area (Å²) in [6.45, 7) is 0.604. The standard InChI is InChI=1S/C8H8ClN3OS/c9-5-3-6-7(11-4-5)13-12-8(6)14-2-1-10/h3-4H,1-2,10H2. The first-order valence-electron chi connectivity index (χ1n) is 4.05. The van der Waals surface area contributed by atoms with Gasteiger partial charge in [0.2, 0.25) is 0 Å². The van der Waals surface area contributed by atoms with Gasteiger partial charge < -0.3 is 10.3 Å². The van der Waals surface area contributed by atoms with E-state index < -0.39 is 0 Å². The second kappa shape index (κ2) is 4.16. The maximum atomic E-state index is 5.82. The summed E-state index contributed by atoms with van der Waals surface area (Å²) in [6.07, 6.45) is 1.53. The van der Waals surface area contributed by atoms with E-state index in [1.165, 1.54) is 18.0 Å². The van der Waals surface area contributed by atoms with E-state index in [0.717, 1.165) is 16.2 Å². The molecular weight excluding hydrogens is 222 g/mol. The monoisotopic (exact) mass is 229 g/mol. The van der Waals surface area contributed by atoms with Gasteiger partial charge in [-0.15, -0.1) is 11.8 Å². The SMILES string of the molecule is NCCSc1noc2ncc(Cl)cc12. The number of aromatic nitrogens is 2. The molecule has 14 heavy (non-hydrogen) atoms. The van der Waals surface area contributed by atoms with E-state index in [2.05, 4.69) is 10.1 Å². The van der Waals surface area contributed by atoms with Crippen molar-refractivity contribution in [3.8, 4) is 0 Å². The van der Waals surface area contributed by atoms with Crippen LogP contribution in [0.2, 0.25) is 5.02 Å². The van der Waals surface area contributed by atoms with Gasteiger partial charge >= 0.3 is 0 Å². The highest BCUT2D eigenvalue weighted by atomic mass is 35.5. The minimum Gasteiger partial charge on any atom is -0.335 e. The summed E-state index contributed by atoms with van der Waals surface area (Å²) in [7, 11) is 0. The van der Waals surface area contributed by atoms with Crippen LogP contribution in [0.3, 0.4) is 0 Å². The largest absolute Gasteiger partial charge is 0.335 e. The van der Waals surface area contributed by atoms with Gasteiger partial charge in [-0.2, -0.15) is 0 Å². The van der Waals surface area contributed by atoms with E-state index in [-0.39, 0.29) is 0 Å². The van der Waals surface area contributed by atoms with Crippen molar-refractivity contribution < 1.29 is 4.52 Å². The van der Waals surface area contributed by atoms with E-state index in [0.29, 0.717) is 17.3 Å². The number of hydrogen-bond donors (Lipinski definition) is 1. The molecule has 0 saturated heterocycles. The van der Waals surface area contributed by atoms with Gasteiger partial charge in [0, 0.05) is 18.5 Å².